The summed E-state index contributed by atoms with van der Waals surface area (Å²) in [6.45, 7) is 4.88. The van der Waals surface area contributed by atoms with Crippen molar-refractivity contribution in [3.8, 4) is 0 Å². The Bertz CT molecular complexity index is 703. The first-order valence-corrected chi connectivity index (χ1v) is 7.92. The molecule has 1 saturated carbocycles. The first-order chi connectivity index (χ1) is 10.5. The minimum atomic E-state index is -0.306. The summed E-state index contributed by atoms with van der Waals surface area (Å²) in [7, 11) is 0. The molecule has 4 rings (SSSR count). The molecule has 1 aliphatic heterocycles. The molecule has 3 atom stereocenters. The first kappa shape index (κ1) is 13.8. The molecule has 1 amide bonds. The van der Waals surface area contributed by atoms with E-state index in [-0.39, 0.29) is 29.4 Å². The number of likely N-dealkylation sites (tertiary alicyclic amines) is 1. The molecule has 2 aromatic heterocycles. The number of H-pyrrole nitrogens is 1. The molecule has 1 saturated heterocycles. The van der Waals surface area contributed by atoms with Crippen LogP contribution in [0.2, 0.25) is 0 Å². The van der Waals surface area contributed by atoms with Gasteiger partial charge in [0.2, 0.25) is 0 Å². The summed E-state index contributed by atoms with van der Waals surface area (Å²) in [5, 5.41) is 11.3. The van der Waals surface area contributed by atoms with Gasteiger partial charge in [-0.1, -0.05) is 13.8 Å². The Kier molecular flexibility index (Phi) is 2.85. The van der Waals surface area contributed by atoms with Gasteiger partial charge in [-0.05, 0) is 25.0 Å². The monoisotopic (exact) mass is 299 g/mol. The number of pyridine rings is 1. The number of amides is 1. The van der Waals surface area contributed by atoms with E-state index in [2.05, 4.69) is 23.8 Å². The Morgan fingerprint density at radius 2 is 2.32 bits per heavy atom. The summed E-state index contributed by atoms with van der Waals surface area (Å²) in [6, 6.07) is 3.88. The molecule has 2 fully saturated rings. The van der Waals surface area contributed by atoms with Gasteiger partial charge in [-0.2, -0.15) is 0 Å². The third-order valence-electron chi connectivity index (χ3n) is 5.52. The van der Waals surface area contributed by atoms with Gasteiger partial charge in [0.1, 0.15) is 5.69 Å². The fourth-order valence-electron chi connectivity index (χ4n) is 4.39. The Balaban J connectivity index is 1.67. The lowest BCUT2D eigenvalue weighted by atomic mass is 9.54. The molecule has 2 N–H and O–H groups in total. The maximum Gasteiger partial charge on any atom is 0.270 e. The smallest absolute Gasteiger partial charge is 0.270 e. The molecule has 2 aliphatic rings. The first-order valence-electron chi connectivity index (χ1n) is 7.92. The van der Waals surface area contributed by atoms with Crippen molar-refractivity contribution in [3.63, 3.8) is 0 Å². The maximum absolute atomic E-state index is 12.9. The highest BCUT2D eigenvalue weighted by Gasteiger charge is 2.60. The molecule has 5 nitrogen and oxygen atoms in total. The number of aliphatic hydroxyl groups excluding tert-OH is 1. The van der Waals surface area contributed by atoms with E-state index in [4.69, 9.17) is 0 Å². The van der Waals surface area contributed by atoms with Gasteiger partial charge in [0, 0.05) is 47.2 Å². The van der Waals surface area contributed by atoms with Gasteiger partial charge in [0.05, 0.1) is 6.10 Å². The lowest BCUT2D eigenvalue weighted by Crippen LogP contribution is -2.71. The quantitative estimate of drug-likeness (QED) is 0.848. The van der Waals surface area contributed by atoms with Crippen LogP contribution < -0.4 is 0 Å². The average Bonchev–Trinajstić information content (AvgIpc) is 2.97. The zero-order valence-electron chi connectivity index (χ0n) is 12.9. The Labute approximate surface area is 129 Å². The van der Waals surface area contributed by atoms with Crippen molar-refractivity contribution < 1.29 is 9.90 Å². The molecular formula is C17H21N3O2. The number of fused-ring (bicyclic) bond motifs is 2. The number of aliphatic hydroxyl groups is 1. The van der Waals surface area contributed by atoms with E-state index in [0.717, 1.165) is 30.3 Å². The van der Waals surface area contributed by atoms with Crippen LogP contribution >= 0.6 is 0 Å². The highest BCUT2D eigenvalue weighted by molar-refractivity contribution is 5.98. The highest BCUT2D eigenvalue weighted by Crippen LogP contribution is 2.52. The molecule has 0 radical (unpaired) electrons. The van der Waals surface area contributed by atoms with Gasteiger partial charge in [0.15, 0.2) is 0 Å². The van der Waals surface area contributed by atoms with Crippen molar-refractivity contribution in [1.82, 2.24) is 14.9 Å². The number of aromatic nitrogens is 2. The maximum atomic E-state index is 12.9. The fraction of sp³-hybridized carbons (Fsp3) is 0.529. The number of aromatic amines is 1. The molecular weight excluding hydrogens is 278 g/mol. The average molecular weight is 299 g/mol. The zero-order chi connectivity index (χ0) is 15.5. The van der Waals surface area contributed by atoms with Gasteiger partial charge in [-0.15, -0.1) is 0 Å². The third-order valence-corrected chi connectivity index (χ3v) is 5.52. The predicted molar refractivity (Wildman–Crippen MR) is 83.4 cm³/mol. The second-order valence-electron chi connectivity index (χ2n) is 7.16. The number of piperidine rings is 1. The lowest BCUT2D eigenvalue weighted by Gasteiger charge is -2.62. The van der Waals surface area contributed by atoms with Crippen molar-refractivity contribution >= 4 is 16.8 Å². The van der Waals surface area contributed by atoms with Crippen LogP contribution in [-0.4, -0.2) is 44.6 Å². The van der Waals surface area contributed by atoms with Crippen LogP contribution in [0.5, 0.6) is 0 Å². The van der Waals surface area contributed by atoms with E-state index in [9.17, 15) is 9.90 Å². The summed E-state index contributed by atoms with van der Waals surface area (Å²) in [6.07, 6.45) is 5.14. The molecule has 22 heavy (non-hydrogen) atoms. The summed E-state index contributed by atoms with van der Waals surface area (Å²) in [5.41, 5.74) is 1.31. The Morgan fingerprint density at radius 1 is 1.50 bits per heavy atom. The topological polar surface area (TPSA) is 69.2 Å². The molecule has 116 valence electrons. The number of nitrogens with one attached hydrogen (secondary N) is 1. The fourth-order valence-corrected chi connectivity index (χ4v) is 4.39. The van der Waals surface area contributed by atoms with Crippen LogP contribution in [0.25, 0.3) is 10.9 Å². The van der Waals surface area contributed by atoms with Crippen LogP contribution in [0, 0.1) is 11.3 Å². The van der Waals surface area contributed by atoms with Gasteiger partial charge in [0.25, 0.3) is 5.91 Å². The number of carbonyl (C=O) groups is 1. The van der Waals surface area contributed by atoms with Crippen LogP contribution in [0.1, 0.15) is 37.2 Å². The number of nitrogens with zero attached hydrogens (tertiary/aromatic N) is 2. The Morgan fingerprint density at radius 3 is 3.09 bits per heavy atom. The summed E-state index contributed by atoms with van der Waals surface area (Å²) in [4.78, 5) is 22.2. The lowest BCUT2D eigenvalue weighted by molar-refractivity contribution is -0.180. The van der Waals surface area contributed by atoms with Gasteiger partial charge in [-0.3, -0.25) is 9.78 Å². The van der Waals surface area contributed by atoms with Crippen LogP contribution in [0.4, 0.5) is 0 Å². The SMILES string of the molecule is CC1(C)[C@@H](O)[C@H]2CCCN(C(=O)c3cc4cnccc4[nH]3)[C@H]21. The van der Waals surface area contributed by atoms with E-state index >= 15 is 0 Å². The second kappa shape index (κ2) is 4.56. The number of carbonyl (C=O) groups excluding carboxylic acids is 1. The van der Waals surface area contributed by atoms with Crippen molar-refractivity contribution in [1.29, 1.82) is 0 Å². The standard InChI is InChI=1S/C17H21N3O2/c1-17(2)14-11(15(17)21)4-3-7-20(14)16(22)13-8-10-9-18-6-5-12(10)19-13/h5-6,8-9,11,14-15,19,21H,3-4,7H2,1-2H3/t11-,14+,15-/m0/s1. The van der Waals surface area contributed by atoms with E-state index in [1.165, 1.54) is 0 Å². The molecule has 1 aliphatic carbocycles. The largest absolute Gasteiger partial charge is 0.392 e. The van der Waals surface area contributed by atoms with E-state index in [0.29, 0.717) is 5.69 Å². The number of hydrogen-bond donors (Lipinski definition) is 2. The highest BCUT2D eigenvalue weighted by atomic mass is 16.3. The van der Waals surface area contributed by atoms with E-state index in [1.807, 2.05) is 17.0 Å². The van der Waals surface area contributed by atoms with E-state index < -0.39 is 0 Å². The van der Waals surface area contributed by atoms with Crippen molar-refractivity contribution in [3.05, 3.63) is 30.2 Å². The molecule has 0 unspecified atom stereocenters. The van der Waals surface area contributed by atoms with Crippen LogP contribution in [0.3, 0.4) is 0 Å². The predicted octanol–water partition coefficient (Wildman–Crippen LogP) is 2.18. The van der Waals surface area contributed by atoms with Gasteiger partial charge < -0.3 is 15.0 Å². The van der Waals surface area contributed by atoms with Crippen LogP contribution in [0.15, 0.2) is 24.5 Å². The second-order valence-corrected chi connectivity index (χ2v) is 7.16. The van der Waals surface area contributed by atoms with Crippen molar-refractivity contribution in [2.75, 3.05) is 6.54 Å². The van der Waals surface area contributed by atoms with Crippen molar-refractivity contribution in [2.24, 2.45) is 11.3 Å². The normalized spacial score (nSPS) is 30.0. The zero-order valence-corrected chi connectivity index (χ0v) is 12.9. The minimum Gasteiger partial charge on any atom is -0.392 e. The number of hydrogen-bond acceptors (Lipinski definition) is 3. The molecule has 0 aromatic carbocycles. The minimum absolute atomic E-state index is 0.0332. The van der Waals surface area contributed by atoms with Gasteiger partial charge in [-0.25, -0.2) is 0 Å². The summed E-state index contributed by atoms with van der Waals surface area (Å²) >= 11 is 0. The van der Waals surface area contributed by atoms with Gasteiger partial charge >= 0.3 is 0 Å². The molecule has 0 spiro atoms. The van der Waals surface area contributed by atoms with Crippen LogP contribution in [-0.2, 0) is 0 Å². The summed E-state index contributed by atoms with van der Waals surface area (Å²) < 4.78 is 0. The Hall–Kier alpha value is -1.88. The molecule has 5 heteroatoms. The molecule has 0 bridgehead atoms. The molecule has 3 heterocycles. The number of rotatable bonds is 1. The van der Waals surface area contributed by atoms with E-state index in [1.54, 1.807) is 12.4 Å². The third kappa shape index (κ3) is 1.75. The van der Waals surface area contributed by atoms with Crippen molar-refractivity contribution in [2.45, 2.75) is 38.8 Å². The molecule has 2 aromatic rings. The summed E-state index contributed by atoms with van der Waals surface area (Å²) in [5.74, 6) is 0.254.